The lowest BCUT2D eigenvalue weighted by molar-refractivity contribution is -0.274. The Balaban J connectivity index is 2.00. The van der Waals surface area contributed by atoms with Crippen molar-refractivity contribution in [2.45, 2.75) is 24.2 Å². The highest BCUT2D eigenvalue weighted by Gasteiger charge is 2.31. The molecule has 146 valence electrons. The quantitative estimate of drug-likeness (QED) is 0.745. The first-order valence-corrected chi connectivity index (χ1v) is 9.27. The number of sulfonamides is 1. The van der Waals surface area contributed by atoms with Crippen molar-refractivity contribution in [2.24, 2.45) is 0 Å². The number of carbonyl (C=O) groups is 1. The van der Waals surface area contributed by atoms with Crippen molar-refractivity contribution in [3.63, 3.8) is 0 Å². The van der Waals surface area contributed by atoms with Crippen LogP contribution in [0.25, 0.3) is 0 Å². The summed E-state index contributed by atoms with van der Waals surface area (Å²) >= 11 is 5.70. The molecular formula is C16H14ClF3N2O4S. The van der Waals surface area contributed by atoms with Crippen LogP contribution in [0, 0.1) is 0 Å². The fourth-order valence-electron chi connectivity index (χ4n) is 1.96. The van der Waals surface area contributed by atoms with E-state index >= 15 is 0 Å². The number of halogens is 4. The van der Waals surface area contributed by atoms with Gasteiger partial charge in [0.2, 0.25) is 15.9 Å². The summed E-state index contributed by atoms with van der Waals surface area (Å²) in [6, 6.07) is 8.65. The van der Waals surface area contributed by atoms with Crippen LogP contribution >= 0.6 is 11.6 Å². The van der Waals surface area contributed by atoms with Gasteiger partial charge in [0.25, 0.3) is 0 Å². The Hall–Kier alpha value is -2.30. The molecule has 0 saturated carbocycles. The van der Waals surface area contributed by atoms with E-state index in [1.54, 1.807) is 0 Å². The highest BCUT2D eigenvalue weighted by molar-refractivity contribution is 7.89. The van der Waals surface area contributed by atoms with Crippen LogP contribution in [-0.4, -0.2) is 26.7 Å². The Morgan fingerprint density at radius 2 is 1.63 bits per heavy atom. The summed E-state index contributed by atoms with van der Waals surface area (Å²) in [5, 5.41) is 2.75. The molecule has 1 amide bonds. The molecule has 11 heteroatoms. The van der Waals surface area contributed by atoms with Crippen molar-refractivity contribution in [3.05, 3.63) is 53.6 Å². The van der Waals surface area contributed by atoms with Gasteiger partial charge in [-0.1, -0.05) is 11.6 Å². The van der Waals surface area contributed by atoms with Gasteiger partial charge in [0.1, 0.15) is 5.75 Å². The monoisotopic (exact) mass is 422 g/mol. The largest absolute Gasteiger partial charge is 0.573 e. The Kier molecular flexibility index (Phi) is 6.34. The summed E-state index contributed by atoms with van der Waals surface area (Å²) in [4.78, 5) is 12.0. The Labute approximate surface area is 158 Å². The minimum atomic E-state index is -4.82. The Bertz CT molecular complexity index is 901. The van der Waals surface area contributed by atoms with Gasteiger partial charge in [0, 0.05) is 10.7 Å². The highest BCUT2D eigenvalue weighted by Crippen LogP contribution is 2.24. The highest BCUT2D eigenvalue weighted by atomic mass is 35.5. The van der Waals surface area contributed by atoms with Gasteiger partial charge >= 0.3 is 6.36 Å². The lowest BCUT2D eigenvalue weighted by Crippen LogP contribution is -2.41. The second-order valence-electron chi connectivity index (χ2n) is 5.36. The molecule has 2 rings (SSSR count). The maximum atomic E-state index is 12.2. The third-order valence-corrected chi connectivity index (χ3v) is 5.01. The minimum absolute atomic E-state index is 0.0693. The topological polar surface area (TPSA) is 84.5 Å². The van der Waals surface area contributed by atoms with Gasteiger partial charge in [-0.05, 0) is 55.5 Å². The molecule has 27 heavy (non-hydrogen) atoms. The zero-order valence-electron chi connectivity index (χ0n) is 13.7. The molecule has 0 heterocycles. The SMILES string of the molecule is C[C@H](NS(=O)(=O)c1ccc(Cl)cc1)C(=O)Nc1ccc(OC(F)(F)F)cc1. The van der Waals surface area contributed by atoms with E-state index in [0.717, 1.165) is 12.1 Å². The van der Waals surface area contributed by atoms with Crippen molar-refractivity contribution in [1.29, 1.82) is 0 Å². The van der Waals surface area contributed by atoms with E-state index in [1.807, 2.05) is 0 Å². The first kappa shape index (κ1) is 21.0. The normalized spacial score (nSPS) is 13.1. The van der Waals surface area contributed by atoms with E-state index in [2.05, 4.69) is 14.8 Å². The van der Waals surface area contributed by atoms with Crippen LogP contribution in [0.3, 0.4) is 0 Å². The van der Waals surface area contributed by atoms with Crippen molar-refractivity contribution in [1.82, 2.24) is 4.72 Å². The third kappa shape index (κ3) is 6.42. The smallest absolute Gasteiger partial charge is 0.406 e. The summed E-state index contributed by atoms with van der Waals surface area (Å²) in [6.07, 6.45) is -4.82. The van der Waals surface area contributed by atoms with E-state index in [4.69, 9.17) is 11.6 Å². The van der Waals surface area contributed by atoms with Crippen molar-refractivity contribution < 1.29 is 31.1 Å². The van der Waals surface area contributed by atoms with E-state index in [-0.39, 0.29) is 10.6 Å². The number of nitrogens with one attached hydrogen (secondary N) is 2. The number of carbonyl (C=O) groups excluding carboxylic acids is 1. The number of benzene rings is 2. The minimum Gasteiger partial charge on any atom is -0.406 e. The molecule has 0 fully saturated rings. The number of alkyl halides is 3. The van der Waals surface area contributed by atoms with Crippen molar-refractivity contribution in [3.8, 4) is 5.75 Å². The van der Waals surface area contributed by atoms with Crippen molar-refractivity contribution in [2.75, 3.05) is 5.32 Å². The summed E-state index contributed by atoms with van der Waals surface area (Å²) in [7, 11) is -3.96. The van der Waals surface area contributed by atoms with Crippen LogP contribution < -0.4 is 14.8 Å². The zero-order valence-corrected chi connectivity index (χ0v) is 15.3. The maximum Gasteiger partial charge on any atom is 0.573 e. The van der Waals surface area contributed by atoms with Gasteiger partial charge < -0.3 is 10.1 Å². The number of hydrogen-bond acceptors (Lipinski definition) is 4. The fraction of sp³-hybridized carbons (Fsp3) is 0.188. The molecule has 0 bridgehead atoms. The predicted octanol–water partition coefficient (Wildman–Crippen LogP) is 3.54. The molecule has 0 aromatic heterocycles. The van der Waals surface area contributed by atoms with E-state index in [0.29, 0.717) is 5.02 Å². The molecule has 0 aliphatic heterocycles. The standard InChI is InChI=1S/C16H14ClF3N2O4S/c1-10(22-27(24,25)14-8-2-11(17)3-9-14)15(23)21-12-4-6-13(7-5-12)26-16(18,19)20/h2-10,22H,1H3,(H,21,23)/t10-/m0/s1. The molecule has 1 atom stereocenters. The maximum absolute atomic E-state index is 12.2. The Morgan fingerprint density at radius 1 is 1.07 bits per heavy atom. The molecule has 2 aromatic carbocycles. The third-order valence-electron chi connectivity index (χ3n) is 3.20. The summed E-state index contributed by atoms with van der Waals surface area (Å²) in [6.45, 7) is 1.32. The molecule has 0 aliphatic carbocycles. The first-order chi connectivity index (χ1) is 12.5. The van der Waals surface area contributed by atoms with Crippen molar-refractivity contribution >= 4 is 33.2 Å². The molecule has 2 N–H and O–H groups in total. The van der Waals surface area contributed by atoms with Crippen LogP contribution in [0.5, 0.6) is 5.75 Å². The average Bonchev–Trinajstić information content (AvgIpc) is 2.55. The van der Waals surface area contributed by atoms with Gasteiger partial charge in [-0.2, -0.15) is 4.72 Å². The second-order valence-corrected chi connectivity index (χ2v) is 7.51. The molecular weight excluding hydrogens is 409 g/mol. The second kappa shape index (κ2) is 8.15. The average molecular weight is 423 g/mol. The van der Waals surface area contributed by atoms with E-state index in [1.165, 1.54) is 43.3 Å². The zero-order chi connectivity index (χ0) is 20.2. The van der Waals surface area contributed by atoms with Gasteiger partial charge in [-0.25, -0.2) is 8.42 Å². The van der Waals surface area contributed by atoms with Crippen LogP contribution in [0.4, 0.5) is 18.9 Å². The van der Waals surface area contributed by atoms with Crippen LogP contribution in [-0.2, 0) is 14.8 Å². The Morgan fingerprint density at radius 3 is 2.15 bits per heavy atom. The van der Waals surface area contributed by atoms with Crippen LogP contribution in [0.1, 0.15) is 6.92 Å². The molecule has 6 nitrogen and oxygen atoms in total. The van der Waals surface area contributed by atoms with Gasteiger partial charge in [-0.3, -0.25) is 4.79 Å². The molecule has 0 aliphatic rings. The first-order valence-electron chi connectivity index (χ1n) is 7.41. The van der Waals surface area contributed by atoms with Crippen LogP contribution in [0.15, 0.2) is 53.4 Å². The number of anilines is 1. The van der Waals surface area contributed by atoms with Gasteiger partial charge in [0.15, 0.2) is 0 Å². The number of ether oxygens (including phenoxy) is 1. The number of hydrogen-bond donors (Lipinski definition) is 2. The van der Waals surface area contributed by atoms with Gasteiger partial charge in [-0.15, -0.1) is 13.2 Å². The molecule has 0 saturated heterocycles. The summed E-state index contributed by atoms with van der Waals surface area (Å²) in [5.74, 6) is -1.14. The fourth-order valence-corrected chi connectivity index (χ4v) is 3.29. The molecule has 0 spiro atoms. The van der Waals surface area contributed by atoms with Crippen LogP contribution in [0.2, 0.25) is 5.02 Å². The molecule has 0 radical (unpaired) electrons. The molecule has 0 unspecified atom stereocenters. The summed E-state index contributed by atoms with van der Waals surface area (Å²) in [5.41, 5.74) is 0.173. The van der Waals surface area contributed by atoms with E-state index in [9.17, 15) is 26.4 Å². The number of amides is 1. The lowest BCUT2D eigenvalue weighted by Gasteiger charge is -2.15. The summed E-state index contributed by atoms with van der Waals surface area (Å²) < 4.78 is 66.7. The lowest BCUT2D eigenvalue weighted by atomic mass is 10.2. The predicted molar refractivity (Wildman–Crippen MR) is 93.0 cm³/mol. The number of rotatable bonds is 6. The van der Waals surface area contributed by atoms with Gasteiger partial charge in [0.05, 0.1) is 10.9 Å². The van der Waals surface area contributed by atoms with E-state index < -0.39 is 34.1 Å². The molecule has 2 aromatic rings.